The van der Waals surface area contributed by atoms with Crippen molar-refractivity contribution in [1.29, 1.82) is 0 Å². The van der Waals surface area contributed by atoms with Gasteiger partial charge < -0.3 is 10.4 Å². The Morgan fingerprint density at radius 1 is 1.32 bits per heavy atom. The van der Waals surface area contributed by atoms with Crippen LogP contribution in [0.3, 0.4) is 0 Å². The highest BCUT2D eigenvalue weighted by molar-refractivity contribution is 9.10. The van der Waals surface area contributed by atoms with Gasteiger partial charge in [0.05, 0.1) is 15.7 Å². The van der Waals surface area contributed by atoms with Gasteiger partial charge in [0.25, 0.3) is 0 Å². The van der Waals surface area contributed by atoms with Gasteiger partial charge in [-0.3, -0.25) is 9.59 Å². The van der Waals surface area contributed by atoms with E-state index < -0.39 is 5.97 Å². The van der Waals surface area contributed by atoms with Gasteiger partial charge in [0.2, 0.25) is 5.91 Å². The molecule has 0 bridgehead atoms. The van der Waals surface area contributed by atoms with Crippen molar-refractivity contribution in [2.24, 2.45) is 5.92 Å². The molecule has 0 aliphatic rings. The summed E-state index contributed by atoms with van der Waals surface area (Å²) in [6, 6.07) is 3.23. The Balaban J connectivity index is 2.70. The lowest BCUT2D eigenvalue weighted by molar-refractivity contribution is -0.138. The number of hydrogen-bond acceptors (Lipinski definition) is 2. The van der Waals surface area contributed by atoms with Crippen LogP contribution in [0.2, 0.25) is 10.0 Å². The Bertz CT molecular complexity index is 485. The molecule has 0 aliphatic carbocycles. The molecule has 0 aliphatic heterocycles. The monoisotopic (exact) mass is 367 g/mol. The summed E-state index contributed by atoms with van der Waals surface area (Å²) < 4.78 is 0.708. The quantitative estimate of drug-likeness (QED) is 0.818. The Labute approximate surface area is 129 Å². The molecule has 0 saturated heterocycles. The first kappa shape index (κ1) is 16.3. The van der Waals surface area contributed by atoms with Crippen molar-refractivity contribution in [3.63, 3.8) is 0 Å². The van der Waals surface area contributed by atoms with E-state index >= 15 is 0 Å². The summed E-state index contributed by atoms with van der Waals surface area (Å²) in [5.41, 5.74) is 0.332. The number of carboxylic acid groups (broad SMARTS) is 1. The van der Waals surface area contributed by atoms with E-state index in [1.54, 1.807) is 19.1 Å². The number of benzene rings is 1. The molecule has 0 aromatic heterocycles. The summed E-state index contributed by atoms with van der Waals surface area (Å²) in [4.78, 5) is 22.3. The van der Waals surface area contributed by atoms with Crippen LogP contribution in [0.15, 0.2) is 16.6 Å². The van der Waals surface area contributed by atoms with E-state index in [1.165, 1.54) is 0 Å². The molecule has 1 aromatic carbocycles. The number of rotatable bonds is 5. The highest BCUT2D eigenvalue weighted by Crippen LogP contribution is 2.34. The third-order valence-electron chi connectivity index (χ3n) is 2.33. The SMILES string of the molecule is CC(CC(=O)O)CC(=O)Nc1c(Cl)cc(Br)cc1Cl. The minimum Gasteiger partial charge on any atom is -0.481 e. The summed E-state index contributed by atoms with van der Waals surface area (Å²) in [5, 5.41) is 11.9. The normalized spacial score (nSPS) is 12.0. The van der Waals surface area contributed by atoms with E-state index in [2.05, 4.69) is 21.2 Å². The number of carboxylic acids is 1. The number of carbonyl (C=O) groups is 2. The van der Waals surface area contributed by atoms with Crippen molar-refractivity contribution < 1.29 is 14.7 Å². The largest absolute Gasteiger partial charge is 0.481 e. The first-order chi connectivity index (χ1) is 8.79. The third-order valence-corrected chi connectivity index (χ3v) is 3.38. The molecule has 7 heteroatoms. The molecule has 1 aromatic rings. The van der Waals surface area contributed by atoms with Crippen LogP contribution in [0.4, 0.5) is 5.69 Å². The van der Waals surface area contributed by atoms with E-state index in [1.807, 2.05) is 0 Å². The Kier molecular flexibility index (Phi) is 6.10. The van der Waals surface area contributed by atoms with E-state index in [0.29, 0.717) is 20.2 Å². The average molecular weight is 369 g/mol. The second-order valence-corrected chi connectivity index (χ2v) is 5.93. The predicted octanol–water partition coefficient (Wildman–Crippen LogP) is 4.20. The maximum Gasteiger partial charge on any atom is 0.303 e. The number of aliphatic carboxylic acids is 1. The van der Waals surface area contributed by atoms with Gasteiger partial charge in [0, 0.05) is 17.3 Å². The van der Waals surface area contributed by atoms with Crippen LogP contribution >= 0.6 is 39.1 Å². The van der Waals surface area contributed by atoms with Gasteiger partial charge in [-0.2, -0.15) is 0 Å². The molecule has 19 heavy (non-hydrogen) atoms. The number of halogens is 3. The number of carbonyl (C=O) groups excluding carboxylic acids is 1. The van der Waals surface area contributed by atoms with Crippen molar-refractivity contribution in [3.8, 4) is 0 Å². The molecular formula is C12H12BrCl2NO3. The number of nitrogens with one attached hydrogen (secondary N) is 1. The molecule has 0 heterocycles. The Morgan fingerprint density at radius 2 is 1.84 bits per heavy atom. The second kappa shape index (κ2) is 7.12. The van der Waals surface area contributed by atoms with Crippen LogP contribution in [-0.4, -0.2) is 17.0 Å². The summed E-state index contributed by atoms with van der Waals surface area (Å²) >= 11 is 15.2. The van der Waals surface area contributed by atoms with Crippen LogP contribution < -0.4 is 5.32 Å². The molecule has 0 spiro atoms. The second-order valence-electron chi connectivity index (χ2n) is 4.20. The molecular weight excluding hydrogens is 357 g/mol. The molecule has 0 saturated carbocycles. The van der Waals surface area contributed by atoms with E-state index in [4.69, 9.17) is 28.3 Å². The summed E-state index contributed by atoms with van der Waals surface area (Å²) in [5.74, 6) is -1.51. The van der Waals surface area contributed by atoms with Gasteiger partial charge in [0.15, 0.2) is 0 Å². The van der Waals surface area contributed by atoms with E-state index in [0.717, 1.165) is 0 Å². The van der Waals surface area contributed by atoms with Gasteiger partial charge in [0.1, 0.15) is 0 Å². The third kappa shape index (κ3) is 5.38. The minimum atomic E-state index is -0.931. The lowest BCUT2D eigenvalue weighted by atomic mass is 10.0. The average Bonchev–Trinajstić information content (AvgIpc) is 2.21. The van der Waals surface area contributed by atoms with Gasteiger partial charge >= 0.3 is 5.97 Å². The fourth-order valence-electron chi connectivity index (χ4n) is 1.54. The van der Waals surface area contributed by atoms with Crippen LogP contribution in [0.5, 0.6) is 0 Å². The fraction of sp³-hybridized carbons (Fsp3) is 0.333. The van der Waals surface area contributed by atoms with Crippen molar-refractivity contribution in [1.82, 2.24) is 0 Å². The van der Waals surface area contributed by atoms with Crippen LogP contribution in [0, 0.1) is 5.92 Å². The Hall–Kier alpha value is -0.780. The number of hydrogen-bond donors (Lipinski definition) is 2. The van der Waals surface area contributed by atoms with E-state index in [9.17, 15) is 9.59 Å². The topological polar surface area (TPSA) is 66.4 Å². The molecule has 0 fully saturated rings. The lowest BCUT2D eigenvalue weighted by Gasteiger charge is -2.12. The van der Waals surface area contributed by atoms with Gasteiger partial charge in [-0.05, 0) is 18.1 Å². The fourth-order valence-corrected chi connectivity index (χ4v) is 2.84. The van der Waals surface area contributed by atoms with Crippen molar-refractivity contribution in [2.45, 2.75) is 19.8 Å². The lowest BCUT2D eigenvalue weighted by Crippen LogP contribution is -2.17. The van der Waals surface area contributed by atoms with Crippen LogP contribution in [0.25, 0.3) is 0 Å². The summed E-state index contributed by atoms with van der Waals surface area (Å²) in [7, 11) is 0. The summed E-state index contributed by atoms with van der Waals surface area (Å²) in [6.07, 6.45) is 0.0320. The van der Waals surface area contributed by atoms with Crippen LogP contribution in [-0.2, 0) is 9.59 Å². The first-order valence-electron chi connectivity index (χ1n) is 5.45. The zero-order valence-corrected chi connectivity index (χ0v) is 13.1. The smallest absolute Gasteiger partial charge is 0.303 e. The molecule has 4 nitrogen and oxygen atoms in total. The minimum absolute atomic E-state index is 0.0603. The van der Waals surface area contributed by atoms with Crippen molar-refractivity contribution in [2.75, 3.05) is 5.32 Å². The maximum atomic E-state index is 11.8. The van der Waals surface area contributed by atoms with Crippen molar-refractivity contribution >= 4 is 56.7 Å². The van der Waals surface area contributed by atoms with Gasteiger partial charge in [-0.25, -0.2) is 0 Å². The Morgan fingerprint density at radius 3 is 2.32 bits per heavy atom. The highest BCUT2D eigenvalue weighted by Gasteiger charge is 2.15. The highest BCUT2D eigenvalue weighted by atomic mass is 79.9. The number of amides is 1. The van der Waals surface area contributed by atoms with E-state index in [-0.39, 0.29) is 24.7 Å². The molecule has 2 N–H and O–H groups in total. The first-order valence-corrected chi connectivity index (χ1v) is 7.00. The zero-order chi connectivity index (χ0) is 14.6. The standard InChI is InChI=1S/C12H12BrCl2NO3/c1-6(3-11(18)19)2-10(17)16-12-8(14)4-7(13)5-9(12)15/h4-6H,2-3H2,1H3,(H,16,17)(H,18,19). The molecule has 1 rings (SSSR count). The zero-order valence-electron chi connectivity index (χ0n) is 10.0. The molecule has 1 atom stereocenters. The molecule has 104 valence electrons. The van der Waals surface area contributed by atoms with Crippen LogP contribution in [0.1, 0.15) is 19.8 Å². The maximum absolute atomic E-state index is 11.8. The number of anilines is 1. The van der Waals surface area contributed by atoms with Gasteiger partial charge in [-0.1, -0.05) is 46.1 Å². The molecule has 1 amide bonds. The summed E-state index contributed by atoms with van der Waals surface area (Å²) in [6.45, 7) is 1.69. The van der Waals surface area contributed by atoms with Gasteiger partial charge in [-0.15, -0.1) is 0 Å². The van der Waals surface area contributed by atoms with Crippen molar-refractivity contribution in [3.05, 3.63) is 26.7 Å². The predicted molar refractivity (Wildman–Crippen MR) is 78.8 cm³/mol. The molecule has 0 radical (unpaired) electrons. The molecule has 1 unspecified atom stereocenters.